The average Bonchev–Trinajstić information content (AvgIpc) is 1.79. The Morgan fingerprint density at radius 3 is 2.15 bits per heavy atom. The summed E-state index contributed by atoms with van der Waals surface area (Å²) in [6, 6.07) is 0. The molecule has 1 unspecified atom stereocenters. The minimum Gasteiger partial charge on any atom is -0.0853 e. The van der Waals surface area contributed by atoms with E-state index in [0.717, 1.165) is 5.92 Å². The minimum atomic E-state index is 0.407. The number of allylic oxidation sites excluding steroid dienone is 2. The van der Waals surface area contributed by atoms with Gasteiger partial charge < -0.3 is 0 Å². The van der Waals surface area contributed by atoms with E-state index < -0.39 is 0 Å². The Bertz CT molecular complexity index is 213. The number of hydrogen-bond donors (Lipinski definition) is 0. The molecule has 13 heavy (non-hydrogen) atoms. The molecule has 0 heterocycles. The van der Waals surface area contributed by atoms with Gasteiger partial charge in [0.1, 0.15) is 0 Å². The van der Waals surface area contributed by atoms with Crippen LogP contribution in [0, 0.1) is 16.7 Å². The molecule has 0 spiro atoms. The van der Waals surface area contributed by atoms with Gasteiger partial charge in [-0.2, -0.15) is 0 Å². The smallest absolute Gasteiger partial charge is 0.0106 e. The topological polar surface area (TPSA) is 0 Å². The summed E-state index contributed by atoms with van der Waals surface area (Å²) in [5.41, 5.74) is 2.49. The van der Waals surface area contributed by atoms with E-state index in [0.29, 0.717) is 10.8 Å². The molecule has 0 aromatic carbocycles. The van der Waals surface area contributed by atoms with Gasteiger partial charge in [0.15, 0.2) is 0 Å². The highest BCUT2D eigenvalue weighted by Gasteiger charge is 2.39. The molecule has 0 saturated carbocycles. The van der Waals surface area contributed by atoms with E-state index in [1.54, 1.807) is 5.57 Å². The van der Waals surface area contributed by atoms with Crippen LogP contribution in [0.2, 0.25) is 0 Å². The largest absolute Gasteiger partial charge is 0.0853 e. The highest BCUT2D eigenvalue weighted by Crippen LogP contribution is 2.49. The molecule has 1 atom stereocenters. The van der Waals surface area contributed by atoms with E-state index in [1.807, 2.05) is 0 Å². The number of rotatable bonds is 0. The Morgan fingerprint density at radius 1 is 1.31 bits per heavy atom. The van der Waals surface area contributed by atoms with E-state index in [4.69, 9.17) is 0 Å². The van der Waals surface area contributed by atoms with E-state index in [1.165, 1.54) is 12.8 Å². The monoisotopic (exact) mass is 180 g/mol. The van der Waals surface area contributed by atoms with Crippen molar-refractivity contribution in [3.63, 3.8) is 0 Å². The van der Waals surface area contributed by atoms with Crippen LogP contribution in [-0.2, 0) is 0 Å². The molecule has 0 aliphatic heterocycles. The van der Waals surface area contributed by atoms with E-state index >= 15 is 0 Å². The van der Waals surface area contributed by atoms with Gasteiger partial charge >= 0.3 is 0 Å². The molecule has 0 aromatic heterocycles. The molecule has 1 rings (SSSR count). The Labute approximate surface area is 83.4 Å². The second-order valence-corrected chi connectivity index (χ2v) is 6.27. The predicted molar refractivity (Wildman–Crippen MR) is 59.7 cm³/mol. The zero-order chi connectivity index (χ0) is 10.3. The van der Waals surface area contributed by atoms with Gasteiger partial charge in [-0.25, -0.2) is 0 Å². The molecular formula is C13H24. The van der Waals surface area contributed by atoms with E-state index in [-0.39, 0.29) is 0 Å². The van der Waals surface area contributed by atoms with Crippen LogP contribution in [-0.4, -0.2) is 0 Å². The molecule has 1 aliphatic rings. The molecule has 0 saturated heterocycles. The second kappa shape index (κ2) is 3.15. The summed E-state index contributed by atoms with van der Waals surface area (Å²) in [6.45, 7) is 14.2. The van der Waals surface area contributed by atoms with Crippen LogP contribution >= 0.6 is 0 Å². The molecule has 0 heteroatoms. The van der Waals surface area contributed by atoms with Crippen molar-refractivity contribution in [2.75, 3.05) is 0 Å². The van der Waals surface area contributed by atoms with Crippen molar-refractivity contribution in [3.8, 4) is 0 Å². The van der Waals surface area contributed by atoms with Gasteiger partial charge in [0.25, 0.3) is 0 Å². The fraction of sp³-hybridized carbons (Fsp3) is 0.846. The van der Waals surface area contributed by atoms with Crippen LogP contribution in [0.3, 0.4) is 0 Å². The fourth-order valence-electron chi connectivity index (χ4n) is 3.41. The molecule has 0 nitrogen and oxygen atoms in total. The minimum absolute atomic E-state index is 0.407. The Kier molecular flexibility index (Phi) is 2.62. The summed E-state index contributed by atoms with van der Waals surface area (Å²) < 4.78 is 0. The van der Waals surface area contributed by atoms with Crippen LogP contribution in [0.5, 0.6) is 0 Å². The van der Waals surface area contributed by atoms with Crippen molar-refractivity contribution in [2.45, 2.75) is 54.4 Å². The summed E-state index contributed by atoms with van der Waals surface area (Å²) in [5, 5.41) is 0. The molecule has 0 N–H and O–H groups in total. The summed E-state index contributed by atoms with van der Waals surface area (Å²) in [4.78, 5) is 0. The third-order valence-electron chi connectivity index (χ3n) is 3.36. The SMILES string of the molecule is CC1=CCCC(C)(C)C1C(C)(C)C. The lowest BCUT2D eigenvalue weighted by Gasteiger charge is -2.46. The maximum Gasteiger partial charge on any atom is -0.0106 e. The molecule has 1 aliphatic carbocycles. The maximum atomic E-state index is 2.43. The van der Waals surface area contributed by atoms with Gasteiger partial charge in [0.05, 0.1) is 0 Å². The standard InChI is InChI=1S/C13H24/c1-10-8-7-9-13(5,6)11(10)12(2,3)4/h8,11H,7,9H2,1-6H3. The predicted octanol–water partition coefficient (Wildman–Crippen LogP) is 4.42. The van der Waals surface area contributed by atoms with Crippen LogP contribution in [0.15, 0.2) is 11.6 Å². The highest BCUT2D eigenvalue weighted by atomic mass is 14.4. The van der Waals surface area contributed by atoms with Gasteiger partial charge in [-0.05, 0) is 36.5 Å². The van der Waals surface area contributed by atoms with E-state index in [2.05, 4.69) is 47.6 Å². The third-order valence-corrected chi connectivity index (χ3v) is 3.36. The molecule has 0 amide bonds. The summed E-state index contributed by atoms with van der Waals surface area (Å²) in [5.74, 6) is 0.744. The van der Waals surface area contributed by atoms with Crippen molar-refractivity contribution in [2.24, 2.45) is 16.7 Å². The molecule has 0 fully saturated rings. The van der Waals surface area contributed by atoms with E-state index in [9.17, 15) is 0 Å². The van der Waals surface area contributed by atoms with Crippen molar-refractivity contribution >= 4 is 0 Å². The zero-order valence-electron chi connectivity index (χ0n) is 10.1. The van der Waals surface area contributed by atoms with Gasteiger partial charge in [0, 0.05) is 0 Å². The van der Waals surface area contributed by atoms with Gasteiger partial charge in [-0.1, -0.05) is 46.3 Å². The second-order valence-electron chi connectivity index (χ2n) is 6.27. The lowest BCUT2D eigenvalue weighted by Crippen LogP contribution is -2.37. The van der Waals surface area contributed by atoms with Crippen LogP contribution < -0.4 is 0 Å². The summed E-state index contributed by atoms with van der Waals surface area (Å²) in [6.07, 6.45) is 5.04. The van der Waals surface area contributed by atoms with Crippen molar-refractivity contribution in [1.29, 1.82) is 0 Å². The van der Waals surface area contributed by atoms with Crippen molar-refractivity contribution in [1.82, 2.24) is 0 Å². The average molecular weight is 180 g/mol. The highest BCUT2D eigenvalue weighted by molar-refractivity contribution is 5.15. The van der Waals surface area contributed by atoms with Gasteiger partial charge in [0.2, 0.25) is 0 Å². The first-order valence-electron chi connectivity index (χ1n) is 5.42. The van der Waals surface area contributed by atoms with Crippen LogP contribution in [0.25, 0.3) is 0 Å². The van der Waals surface area contributed by atoms with Crippen LogP contribution in [0.1, 0.15) is 54.4 Å². The molecule has 76 valence electrons. The first-order chi connectivity index (χ1) is 5.75. The molecule has 0 radical (unpaired) electrons. The quantitative estimate of drug-likeness (QED) is 0.484. The molecule has 0 aromatic rings. The first-order valence-corrected chi connectivity index (χ1v) is 5.42. The normalized spacial score (nSPS) is 28.5. The summed E-state index contributed by atoms with van der Waals surface area (Å²) >= 11 is 0. The Hall–Kier alpha value is -0.260. The third kappa shape index (κ3) is 2.15. The lowest BCUT2D eigenvalue weighted by molar-refractivity contribution is 0.102. The zero-order valence-corrected chi connectivity index (χ0v) is 10.1. The van der Waals surface area contributed by atoms with Gasteiger partial charge in [-0.3, -0.25) is 0 Å². The maximum absolute atomic E-state index is 2.43. The lowest BCUT2D eigenvalue weighted by atomic mass is 9.59. The van der Waals surface area contributed by atoms with Crippen LogP contribution in [0.4, 0.5) is 0 Å². The number of hydrogen-bond acceptors (Lipinski definition) is 0. The first kappa shape index (κ1) is 10.8. The fourth-order valence-corrected chi connectivity index (χ4v) is 3.41. The van der Waals surface area contributed by atoms with Crippen molar-refractivity contribution < 1.29 is 0 Å². The molecule has 0 bridgehead atoms. The van der Waals surface area contributed by atoms with Gasteiger partial charge in [-0.15, -0.1) is 0 Å². The Balaban J connectivity index is 3.01. The Morgan fingerprint density at radius 2 is 1.85 bits per heavy atom. The molecular weight excluding hydrogens is 156 g/mol. The summed E-state index contributed by atoms with van der Waals surface area (Å²) in [7, 11) is 0. The van der Waals surface area contributed by atoms with Crippen molar-refractivity contribution in [3.05, 3.63) is 11.6 Å².